The molecule has 0 radical (unpaired) electrons. The maximum absolute atomic E-state index is 12.0. The number of nitrogens with zero attached hydrogens (tertiary/aromatic N) is 2. The summed E-state index contributed by atoms with van der Waals surface area (Å²) in [5.74, 6) is 0.368. The molecule has 156 valence electrons. The van der Waals surface area contributed by atoms with Crippen LogP contribution in [0.25, 0.3) is 0 Å². The number of likely N-dealkylation sites (tertiary alicyclic amines) is 1. The van der Waals surface area contributed by atoms with E-state index in [0.29, 0.717) is 37.7 Å². The van der Waals surface area contributed by atoms with Crippen molar-refractivity contribution in [3.8, 4) is 0 Å². The number of carbonyl (C=O) groups excluding carboxylic acids is 2. The molecule has 2 N–H and O–H groups in total. The predicted octanol–water partition coefficient (Wildman–Crippen LogP) is 1.87. The number of aromatic amines is 1. The summed E-state index contributed by atoms with van der Waals surface area (Å²) in [6.45, 7) is 6.24. The number of H-pyrrole nitrogens is 1. The van der Waals surface area contributed by atoms with Gasteiger partial charge in [-0.15, -0.1) is 0 Å². The second-order valence-corrected chi connectivity index (χ2v) is 7.69. The number of esters is 1. The molecule has 0 aliphatic carbocycles. The van der Waals surface area contributed by atoms with Gasteiger partial charge in [-0.1, -0.05) is 0 Å². The van der Waals surface area contributed by atoms with E-state index in [1.807, 2.05) is 0 Å². The molecule has 2 saturated heterocycles. The van der Waals surface area contributed by atoms with Crippen LogP contribution in [0, 0.1) is 5.92 Å². The molecule has 28 heavy (non-hydrogen) atoms. The lowest BCUT2D eigenvalue weighted by Gasteiger charge is -2.31. The molecule has 0 spiro atoms. The molecule has 1 amide bonds. The first-order valence-corrected chi connectivity index (χ1v) is 10.5. The summed E-state index contributed by atoms with van der Waals surface area (Å²) >= 11 is 0. The van der Waals surface area contributed by atoms with E-state index in [0.717, 1.165) is 57.4 Å². The van der Waals surface area contributed by atoms with Crippen LogP contribution in [-0.4, -0.2) is 65.9 Å². The molecular formula is C20H32N4O4. The summed E-state index contributed by atoms with van der Waals surface area (Å²) < 4.78 is 10.6. The second kappa shape index (κ2) is 10.6. The van der Waals surface area contributed by atoms with Gasteiger partial charge in [0, 0.05) is 31.7 Å². The average Bonchev–Trinajstić information content (AvgIpc) is 3.38. The van der Waals surface area contributed by atoms with Gasteiger partial charge in [0.2, 0.25) is 5.91 Å². The number of aromatic nitrogens is 2. The molecule has 3 heterocycles. The molecule has 2 aliphatic heterocycles. The van der Waals surface area contributed by atoms with Gasteiger partial charge in [-0.3, -0.25) is 14.8 Å². The highest BCUT2D eigenvalue weighted by molar-refractivity contribution is 5.88. The van der Waals surface area contributed by atoms with Crippen molar-refractivity contribution in [2.24, 2.45) is 5.92 Å². The van der Waals surface area contributed by atoms with Crippen molar-refractivity contribution < 1.29 is 19.1 Å². The average molecular weight is 393 g/mol. The lowest BCUT2D eigenvalue weighted by atomic mass is 9.92. The first-order valence-electron chi connectivity index (χ1n) is 10.5. The van der Waals surface area contributed by atoms with E-state index in [1.165, 1.54) is 0 Å². The molecule has 8 nitrogen and oxygen atoms in total. The number of amides is 1. The van der Waals surface area contributed by atoms with E-state index in [9.17, 15) is 9.59 Å². The molecular weight excluding hydrogens is 360 g/mol. The quantitative estimate of drug-likeness (QED) is 0.623. The molecule has 2 aliphatic rings. The van der Waals surface area contributed by atoms with Crippen LogP contribution in [0.5, 0.6) is 0 Å². The van der Waals surface area contributed by atoms with E-state index < -0.39 is 0 Å². The van der Waals surface area contributed by atoms with Crippen molar-refractivity contribution >= 4 is 11.9 Å². The lowest BCUT2D eigenvalue weighted by molar-refractivity contribution is -0.122. The van der Waals surface area contributed by atoms with Gasteiger partial charge in [0.1, 0.15) is 5.69 Å². The molecule has 1 atom stereocenters. The Labute approximate surface area is 166 Å². The number of piperidine rings is 1. The number of hydrogen-bond acceptors (Lipinski definition) is 6. The van der Waals surface area contributed by atoms with Crippen LogP contribution in [0.1, 0.15) is 61.5 Å². The van der Waals surface area contributed by atoms with Gasteiger partial charge in [-0.25, -0.2) is 4.79 Å². The molecule has 0 unspecified atom stereocenters. The van der Waals surface area contributed by atoms with Gasteiger partial charge >= 0.3 is 5.97 Å². The Hall–Kier alpha value is -1.93. The number of nitrogens with one attached hydrogen (secondary N) is 2. The maximum atomic E-state index is 12.0. The van der Waals surface area contributed by atoms with Gasteiger partial charge in [-0.2, -0.15) is 5.10 Å². The Morgan fingerprint density at radius 2 is 2.18 bits per heavy atom. The molecule has 0 saturated carbocycles. The highest BCUT2D eigenvalue weighted by atomic mass is 16.5. The minimum atomic E-state index is -0.348. The molecule has 1 aromatic rings. The highest BCUT2D eigenvalue weighted by Gasteiger charge is 2.23. The van der Waals surface area contributed by atoms with Crippen molar-refractivity contribution in [2.75, 3.05) is 32.8 Å². The summed E-state index contributed by atoms with van der Waals surface area (Å²) in [4.78, 5) is 26.3. The largest absolute Gasteiger partial charge is 0.461 e. The van der Waals surface area contributed by atoms with Gasteiger partial charge in [-0.05, 0) is 58.0 Å². The van der Waals surface area contributed by atoms with Gasteiger partial charge in [0.05, 0.1) is 18.9 Å². The summed E-state index contributed by atoms with van der Waals surface area (Å²) in [7, 11) is 0. The highest BCUT2D eigenvalue weighted by Crippen LogP contribution is 2.23. The smallest absolute Gasteiger partial charge is 0.356 e. The number of rotatable bonds is 9. The molecule has 1 aromatic heterocycles. The fourth-order valence-electron chi connectivity index (χ4n) is 3.94. The normalized spacial score (nSPS) is 21.0. The monoisotopic (exact) mass is 392 g/mol. The zero-order valence-corrected chi connectivity index (χ0v) is 16.7. The van der Waals surface area contributed by atoms with Crippen LogP contribution in [0.4, 0.5) is 0 Å². The topological polar surface area (TPSA) is 96.6 Å². The number of hydrogen-bond donors (Lipinski definition) is 2. The van der Waals surface area contributed by atoms with Crippen molar-refractivity contribution in [3.63, 3.8) is 0 Å². The van der Waals surface area contributed by atoms with E-state index in [-0.39, 0.29) is 18.0 Å². The van der Waals surface area contributed by atoms with Crippen LogP contribution in [0.2, 0.25) is 0 Å². The molecule has 0 aromatic carbocycles. The molecule has 8 heteroatoms. The minimum Gasteiger partial charge on any atom is -0.461 e. The van der Waals surface area contributed by atoms with Crippen LogP contribution >= 0.6 is 0 Å². The zero-order chi connectivity index (χ0) is 19.8. The third-order valence-electron chi connectivity index (χ3n) is 5.63. The summed E-state index contributed by atoms with van der Waals surface area (Å²) in [6.07, 6.45) is 7.73. The third-order valence-corrected chi connectivity index (χ3v) is 5.63. The first kappa shape index (κ1) is 20.8. The van der Waals surface area contributed by atoms with Crippen LogP contribution in [0.15, 0.2) is 6.20 Å². The van der Waals surface area contributed by atoms with Crippen molar-refractivity contribution in [2.45, 2.75) is 58.1 Å². The van der Waals surface area contributed by atoms with Crippen molar-refractivity contribution in [1.82, 2.24) is 20.4 Å². The second-order valence-electron chi connectivity index (χ2n) is 7.69. The van der Waals surface area contributed by atoms with Crippen molar-refractivity contribution in [1.29, 1.82) is 0 Å². The van der Waals surface area contributed by atoms with Crippen LogP contribution in [0.3, 0.4) is 0 Å². The van der Waals surface area contributed by atoms with E-state index in [4.69, 9.17) is 9.47 Å². The van der Waals surface area contributed by atoms with E-state index in [1.54, 1.807) is 13.1 Å². The van der Waals surface area contributed by atoms with Crippen LogP contribution < -0.4 is 5.32 Å². The number of ether oxygens (including phenoxy) is 2. The molecule has 2 fully saturated rings. The summed E-state index contributed by atoms with van der Waals surface area (Å²) in [6, 6.07) is 0. The number of carbonyl (C=O) groups is 2. The third kappa shape index (κ3) is 6.04. The molecule has 0 bridgehead atoms. The Balaban J connectivity index is 1.34. The first-order chi connectivity index (χ1) is 13.7. The Bertz CT molecular complexity index is 634. The van der Waals surface area contributed by atoms with Crippen LogP contribution in [-0.2, 0) is 20.8 Å². The van der Waals surface area contributed by atoms with Gasteiger partial charge in [0.25, 0.3) is 0 Å². The Morgan fingerprint density at radius 1 is 1.36 bits per heavy atom. The maximum Gasteiger partial charge on any atom is 0.356 e. The fraction of sp³-hybridized carbons (Fsp3) is 0.750. The van der Waals surface area contributed by atoms with Gasteiger partial charge in [0.15, 0.2) is 0 Å². The van der Waals surface area contributed by atoms with E-state index in [2.05, 4.69) is 20.4 Å². The molecule has 3 rings (SSSR count). The van der Waals surface area contributed by atoms with Gasteiger partial charge < -0.3 is 14.8 Å². The Kier molecular flexibility index (Phi) is 7.85. The SMILES string of the molecule is CCOC(=O)c1[nH]ncc1CN1CCC(CCC(=O)NC[C@@H]2CCCO2)CC1. The summed E-state index contributed by atoms with van der Waals surface area (Å²) in [5.41, 5.74) is 1.33. The Morgan fingerprint density at radius 3 is 2.89 bits per heavy atom. The summed E-state index contributed by atoms with van der Waals surface area (Å²) in [5, 5.41) is 9.75. The fourth-order valence-corrected chi connectivity index (χ4v) is 3.94. The van der Waals surface area contributed by atoms with E-state index >= 15 is 0 Å². The predicted molar refractivity (Wildman–Crippen MR) is 104 cm³/mol. The zero-order valence-electron chi connectivity index (χ0n) is 16.7. The minimum absolute atomic E-state index is 0.135. The standard InChI is InChI=1S/C20H32N4O4/c1-2-27-20(26)19-16(12-22-23-19)14-24-9-7-15(8-10-24)5-6-18(25)21-13-17-4-3-11-28-17/h12,15,17H,2-11,13-14H2,1H3,(H,21,25)(H,22,23)/t17-/m0/s1. The van der Waals surface area contributed by atoms with Crippen molar-refractivity contribution in [3.05, 3.63) is 17.5 Å². The lowest BCUT2D eigenvalue weighted by Crippen LogP contribution is -2.35.